The Kier molecular flexibility index (Phi) is 5.63. The summed E-state index contributed by atoms with van der Waals surface area (Å²) in [5.74, 6) is 0. The molecule has 0 saturated carbocycles. The van der Waals surface area contributed by atoms with E-state index in [9.17, 15) is 42.8 Å². The van der Waals surface area contributed by atoms with Crippen molar-refractivity contribution in [1.82, 2.24) is 0 Å². The highest BCUT2D eigenvalue weighted by Crippen LogP contribution is 2.25. The number of sulfonamides is 1. The van der Waals surface area contributed by atoms with Gasteiger partial charge in [-0.05, 0) is 36.4 Å². The van der Waals surface area contributed by atoms with Crippen molar-refractivity contribution in [2.45, 2.75) is 19.6 Å². The van der Waals surface area contributed by atoms with Crippen LogP contribution in [0.4, 0.5) is 5.69 Å². The van der Waals surface area contributed by atoms with Gasteiger partial charge in [-0.2, -0.15) is 0 Å². The maximum Gasteiger partial charge on any atom is 0.261 e. The standard InChI is InChI=1S/C13H13NO10S4/c1-25(15,16)10-3-2-4-11(7-10)26(17,18)14-9-5-12(27(19,20)21)8-13(6-9)28(22,23)24/h2-8,14H,1H3,(H,19,20,21)(H,22,23,24)/p-2. The fraction of sp³-hybridized carbons (Fsp3) is 0.0769. The molecule has 2 aromatic rings. The molecule has 2 aromatic carbocycles. The van der Waals surface area contributed by atoms with Gasteiger partial charge in [0.05, 0.1) is 25.3 Å². The molecule has 154 valence electrons. The van der Waals surface area contributed by atoms with E-state index in [1.165, 1.54) is 0 Å². The highest BCUT2D eigenvalue weighted by molar-refractivity contribution is 7.93. The summed E-state index contributed by atoms with van der Waals surface area (Å²) < 4.78 is 117. The third-order valence-electron chi connectivity index (χ3n) is 3.25. The molecule has 0 fully saturated rings. The first-order valence-electron chi connectivity index (χ1n) is 6.90. The van der Waals surface area contributed by atoms with Crippen molar-refractivity contribution in [2.24, 2.45) is 0 Å². The first-order valence-corrected chi connectivity index (χ1v) is 13.1. The van der Waals surface area contributed by atoms with Gasteiger partial charge in [-0.1, -0.05) is 6.07 Å². The quantitative estimate of drug-likeness (QED) is 0.548. The van der Waals surface area contributed by atoms with Gasteiger partial charge < -0.3 is 9.11 Å². The van der Waals surface area contributed by atoms with Crippen LogP contribution in [-0.4, -0.2) is 49.0 Å². The summed E-state index contributed by atoms with van der Waals surface area (Å²) in [5, 5.41) is 0. The minimum atomic E-state index is -5.22. The summed E-state index contributed by atoms with van der Waals surface area (Å²) in [7, 11) is -18.7. The lowest BCUT2D eigenvalue weighted by atomic mass is 10.3. The topological polar surface area (TPSA) is 195 Å². The number of sulfone groups is 1. The van der Waals surface area contributed by atoms with E-state index in [1.54, 1.807) is 0 Å². The van der Waals surface area contributed by atoms with Crippen LogP contribution in [0.5, 0.6) is 0 Å². The lowest BCUT2D eigenvalue weighted by Gasteiger charge is -2.15. The molecule has 0 atom stereocenters. The van der Waals surface area contributed by atoms with Gasteiger partial charge in [0.2, 0.25) is 0 Å². The van der Waals surface area contributed by atoms with Crippen molar-refractivity contribution < 1.29 is 42.8 Å². The fourth-order valence-electron chi connectivity index (χ4n) is 2.01. The zero-order valence-electron chi connectivity index (χ0n) is 13.8. The van der Waals surface area contributed by atoms with Gasteiger partial charge >= 0.3 is 0 Å². The average molecular weight is 469 g/mol. The highest BCUT2D eigenvalue weighted by Gasteiger charge is 2.19. The van der Waals surface area contributed by atoms with Crippen molar-refractivity contribution in [3.8, 4) is 0 Å². The van der Waals surface area contributed by atoms with Gasteiger partial charge in [-0.25, -0.2) is 33.7 Å². The van der Waals surface area contributed by atoms with Crippen LogP contribution in [0.3, 0.4) is 0 Å². The molecule has 0 saturated heterocycles. The molecular formula is C13H11NO10S4-2. The number of rotatable bonds is 6. The molecule has 28 heavy (non-hydrogen) atoms. The van der Waals surface area contributed by atoms with Gasteiger partial charge in [0, 0.05) is 6.26 Å². The molecule has 0 radical (unpaired) electrons. The second kappa shape index (κ2) is 7.09. The average Bonchev–Trinajstić information content (AvgIpc) is 2.52. The van der Waals surface area contributed by atoms with Crippen LogP contribution in [0.25, 0.3) is 0 Å². The third-order valence-corrected chi connectivity index (χ3v) is 7.37. The van der Waals surface area contributed by atoms with Crippen LogP contribution >= 0.6 is 0 Å². The summed E-state index contributed by atoms with van der Waals surface area (Å²) in [6, 6.07) is 5.46. The van der Waals surface area contributed by atoms with Gasteiger partial charge in [0.25, 0.3) is 10.0 Å². The largest absolute Gasteiger partial charge is 0.744 e. The lowest BCUT2D eigenvalue weighted by Crippen LogP contribution is -2.15. The van der Waals surface area contributed by atoms with Crippen LogP contribution in [0.15, 0.2) is 62.0 Å². The van der Waals surface area contributed by atoms with Crippen molar-refractivity contribution >= 4 is 45.8 Å². The van der Waals surface area contributed by atoms with Crippen LogP contribution in [0.2, 0.25) is 0 Å². The number of hydrogen-bond acceptors (Lipinski definition) is 10. The summed E-state index contributed by atoms with van der Waals surface area (Å²) in [4.78, 5) is -3.16. The first-order chi connectivity index (χ1) is 12.5. The van der Waals surface area contributed by atoms with Crippen molar-refractivity contribution in [2.75, 3.05) is 11.0 Å². The fourth-order valence-corrected chi connectivity index (χ4v) is 4.99. The summed E-state index contributed by atoms with van der Waals surface area (Å²) >= 11 is 0. The van der Waals surface area contributed by atoms with Crippen LogP contribution in [0, 0.1) is 0 Å². The first kappa shape index (κ1) is 22.3. The number of hydrogen-bond donors (Lipinski definition) is 1. The van der Waals surface area contributed by atoms with Crippen molar-refractivity contribution in [1.29, 1.82) is 0 Å². The Hall–Kier alpha value is -2.04. The lowest BCUT2D eigenvalue weighted by molar-refractivity contribution is 0.461. The molecule has 0 heterocycles. The summed E-state index contributed by atoms with van der Waals surface area (Å²) in [5.41, 5.74) is -0.698. The smallest absolute Gasteiger partial charge is 0.261 e. The second-order valence-electron chi connectivity index (χ2n) is 5.45. The third kappa shape index (κ3) is 5.27. The van der Waals surface area contributed by atoms with Gasteiger partial charge in [0.15, 0.2) is 9.84 Å². The van der Waals surface area contributed by atoms with E-state index in [0.717, 1.165) is 30.5 Å². The van der Waals surface area contributed by atoms with Crippen molar-refractivity contribution in [3.63, 3.8) is 0 Å². The highest BCUT2D eigenvalue weighted by atomic mass is 32.2. The minimum absolute atomic E-state index is 0.298. The van der Waals surface area contributed by atoms with E-state index in [-0.39, 0.29) is 4.90 Å². The molecule has 1 N–H and O–H groups in total. The SMILES string of the molecule is CS(=O)(=O)c1cccc(S(=O)(=O)Nc2cc(S(=O)(=O)[O-])cc(S(=O)(=O)[O-])c2)c1. The second-order valence-corrected chi connectivity index (χ2v) is 11.9. The Morgan fingerprint density at radius 3 is 1.54 bits per heavy atom. The molecular weight excluding hydrogens is 458 g/mol. The Labute approximate surface area is 161 Å². The molecule has 0 unspecified atom stereocenters. The van der Waals surface area contributed by atoms with E-state index in [1.807, 2.05) is 4.72 Å². The number of benzene rings is 2. The van der Waals surface area contributed by atoms with Crippen LogP contribution in [-0.2, 0) is 40.1 Å². The Morgan fingerprint density at radius 1 is 0.679 bits per heavy atom. The molecule has 11 nitrogen and oxygen atoms in total. The zero-order valence-corrected chi connectivity index (χ0v) is 17.0. The molecule has 0 spiro atoms. The maximum absolute atomic E-state index is 12.4. The zero-order chi connectivity index (χ0) is 21.5. The minimum Gasteiger partial charge on any atom is -0.744 e. The van der Waals surface area contributed by atoms with Crippen molar-refractivity contribution in [3.05, 3.63) is 42.5 Å². The molecule has 2 rings (SSSR count). The molecule has 0 aromatic heterocycles. The Morgan fingerprint density at radius 2 is 1.11 bits per heavy atom. The van der Waals surface area contributed by atoms with E-state index < -0.39 is 60.5 Å². The van der Waals surface area contributed by atoms with Crippen LogP contribution in [0.1, 0.15) is 0 Å². The van der Waals surface area contributed by atoms with Gasteiger partial charge in [-0.15, -0.1) is 0 Å². The molecule has 0 bridgehead atoms. The monoisotopic (exact) mass is 469 g/mol. The predicted octanol–water partition coefficient (Wildman–Crippen LogP) is -0.301. The molecule has 0 aliphatic rings. The molecule has 0 aliphatic carbocycles. The Balaban J connectivity index is 2.61. The number of nitrogens with one attached hydrogen (secondary N) is 1. The molecule has 0 amide bonds. The molecule has 15 heteroatoms. The normalized spacial score (nSPS) is 13.2. The van der Waals surface area contributed by atoms with E-state index >= 15 is 0 Å². The maximum atomic E-state index is 12.4. The Bertz CT molecular complexity index is 1310. The number of anilines is 1. The van der Waals surface area contributed by atoms with E-state index in [4.69, 9.17) is 0 Å². The van der Waals surface area contributed by atoms with E-state index in [2.05, 4.69) is 0 Å². The van der Waals surface area contributed by atoms with Gasteiger partial charge in [0.1, 0.15) is 20.2 Å². The van der Waals surface area contributed by atoms with E-state index in [0.29, 0.717) is 18.2 Å². The van der Waals surface area contributed by atoms with Crippen LogP contribution < -0.4 is 4.72 Å². The molecule has 0 aliphatic heterocycles. The summed E-state index contributed by atoms with van der Waals surface area (Å²) in [6.45, 7) is 0. The summed E-state index contributed by atoms with van der Waals surface area (Å²) in [6.07, 6.45) is 0.847. The van der Waals surface area contributed by atoms with Gasteiger partial charge in [-0.3, -0.25) is 4.72 Å². The predicted molar refractivity (Wildman–Crippen MR) is 92.7 cm³/mol.